The molecule has 4 aliphatic rings. The van der Waals surface area contributed by atoms with Crippen molar-refractivity contribution < 1.29 is 42.1 Å². The first-order valence-corrected chi connectivity index (χ1v) is 21.2. The van der Waals surface area contributed by atoms with Crippen molar-refractivity contribution in [1.82, 2.24) is 15.1 Å². The van der Waals surface area contributed by atoms with Crippen LogP contribution in [0.25, 0.3) is 33.5 Å². The van der Waals surface area contributed by atoms with Crippen molar-refractivity contribution in [3.05, 3.63) is 149 Å². The summed E-state index contributed by atoms with van der Waals surface area (Å²) >= 11 is 0. The quantitative estimate of drug-likeness (QED) is 0.0908. The van der Waals surface area contributed by atoms with Crippen molar-refractivity contribution in [2.24, 2.45) is 0 Å². The number of fused-ring (bicyclic) bond motifs is 9. The zero-order chi connectivity index (χ0) is 44.3. The molecule has 0 spiro atoms. The molecule has 12 nitrogen and oxygen atoms in total. The van der Waals surface area contributed by atoms with Gasteiger partial charge in [-0.15, -0.1) is 10.2 Å². The molecule has 2 aliphatic carbocycles. The minimum Gasteiger partial charge on any atom is -0.448 e. The maximum atomic E-state index is 15.8. The normalized spacial score (nSPS) is 16.2. The summed E-state index contributed by atoms with van der Waals surface area (Å²) < 4.78 is 53.7. The Morgan fingerprint density at radius 2 is 1.20 bits per heavy atom. The van der Waals surface area contributed by atoms with E-state index in [4.69, 9.17) is 18.9 Å². The lowest BCUT2D eigenvalue weighted by Gasteiger charge is -2.47. The Morgan fingerprint density at radius 3 is 1.77 bits per heavy atom. The highest BCUT2D eigenvalue weighted by molar-refractivity contribution is 5.93. The first-order valence-electron chi connectivity index (χ1n) is 21.2. The molecule has 5 aromatic carbocycles. The van der Waals surface area contributed by atoms with Gasteiger partial charge in [0.15, 0.2) is 17.4 Å². The Hall–Kier alpha value is -7.35. The first kappa shape index (κ1) is 40.7. The van der Waals surface area contributed by atoms with Gasteiger partial charge < -0.3 is 28.7 Å². The van der Waals surface area contributed by atoms with Crippen molar-refractivity contribution >= 4 is 29.8 Å². The summed E-state index contributed by atoms with van der Waals surface area (Å²) in [4.78, 5) is 45.9. The van der Waals surface area contributed by atoms with Crippen LogP contribution in [-0.2, 0) is 14.2 Å². The standard InChI is InChI=1S/C50H43F2N5O7/c1-50(2,3)64-47(58)55-20-21-56-30(25-55)26-57(48(59)61-27-40-35-16-8-4-12-31(35)32-13-5-9-17-36(32)40)46-44(56)24-43(53-54-46)39-22-29(51)23-42(52)45(39)63-49(60)62-28-41-37-18-10-6-14-33(37)34-15-7-11-19-38(34)41/h4-19,22-24,30,40-41H,20-21,25-28H2,1-3H3/t30-/m1/s1. The van der Waals surface area contributed by atoms with Gasteiger partial charge in [-0.3, -0.25) is 4.90 Å². The fraction of sp³-hybridized carbons (Fsp3) is 0.260. The number of rotatable bonds is 6. The number of carbonyl (C=O) groups is 3. The van der Waals surface area contributed by atoms with E-state index < -0.39 is 47.4 Å². The van der Waals surface area contributed by atoms with E-state index in [1.54, 1.807) is 31.7 Å². The van der Waals surface area contributed by atoms with Crippen molar-refractivity contribution in [3.63, 3.8) is 0 Å². The summed E-state index contributed by atoms with van der Waals surface area (Å²) in [5.41, 5.74) is 7.69. The van der Waals surface area contributed by atoms with Crippen LogP contribution in [0.15, 0.2) is 115 Å². The zero-order valence-electron chi connectivity index (χ0n) is 35.3. The van der Waals surface area contributed by atoms with Crippen molar-refractivity contribution in [1.29, 1.82) is 0 Å². The number of nitrogens with zero attached hydrogens (tertiary/aromatic N) is 5. The molecule has 0 saturated carbocycles. The third kappa shape index (κ3) is 7.41. The van der Waals surface area contributed by atoms with Gasteiger partial charge in [0.1, 0.15) is 24.6 Å². The second-order valence-electron chi connectivity index (χ2n) is 17.3. The third-order valence-corrected chi connectivity index (χ3v) is 12.2. The molecule has 3 heterocycles. The Balaban J connectivity index is 0.940. The van der Waals surface area contributed by atoms with E-state index in [1.807, 2.05) is 89.8 Å². The molecule has 0 N–H and O–H groups in total. The van der Waals surface area contributed by atoms with Gasteiger partial charge in [-0.1, -0.05) is 97.1 Å². The predicted octanol–water partition coefficient (Wildman–Crippen LogP) is 9.94. The van der Waals surface area contributed by atoms with Crippen LogP contribution in [-0.4, -0.2) is 84.5 Å². The number of piperazine rings is 1. The molecule has 2 aliphatic heterocycles. The van der Waals surface area contributed by atoms with Crippen molar-refractivity contribution in [3.8, 4) is 39.3 Å². The summed E-state index contributed by atoms with van der Waals surface area (Å²) in [6.07, 6.45) is -2.38. The lowest BCUT2D eigenvalue weighted by atomic mass is 9.98. The molecule has 10 rings (SSSR count). The van der Waals surface area contributed by atoms with Crippen molar-refractivity contribution in [2.75, 3.05) is 49.2 Å². The van der Waals surface area contributed by atoms with E-state index in [2.05, 4.69) is 22.3 Å². The maximum Gasteiger partial charge on any atom is 0.513 e. The summed E-state index contributed by atoms with van der Waals surface area (Å²) in [5.74, 6) is -3.06. The molecule has 1 atom stereocenters. The molecule has 324 valence electrons. The van der Waals surface area contributed by atoms with Gasteiger partial charge in [0.25, 0.3) is 0 Å². The zero-order valence-corrected chi connectivity index (χ0v) is 35.3. The predicted molar refractivity (Wildman–Crippen MR) is 234 cm³/mol. The Kier molecular flexibility index (Phi) is 10.2. The summed E-state index contributed by atoms with van der Waals surface area (Å²) in [5, 5.41) is 8.81. The highest BCUT2D eigenvalue weighted by atomic mass is 19.1. The highest BCUT2D eigenvalue weighted by Crippen LogP contribution is 2.47. The largest absolute Gasteiger partial charge is 0.513 e. The lowest BCUT2D eigenvalue weighted by molar-refractivity contribution is 0.0215. The number of hydrogen-bond acceptors (Lipinski definition) is 10. The smallest absolute Gasteiger partial charge is 0.448 e. The minimum absolute atomic E-state index is 0.0405. The Bertz CT molecular complexity index is 2760. The molecule has 0 bridgehead atoms. The number of aromatic nitrogens is 2. The molecule has 0 radical (unpaired) electrons. The molecule has 6 aromatic rings. The van der Waals surface area contributed by atoms with Crippen LogP contribution < -0.4 is 14.5 Å². The van der Waals surface area contributed by atoms with Gasteiger partial charge in [0, 0.05) is 37.5 Å². The van der Waals surface area contributed by atoms with Crippen molar-refractivity contribution in [2.45, 2.75) is 44.2 Å². The van der Waals surface area contributed by atoms with Crippen LogP contribution in [0.2, 0.25) is 0 Å². The molecule has 1 fully saturated rings. The summed E-state index contributed by atoms with van der Waals surface area (Å²) in [6, 6.07) is 34.4. The molecule has 1 aromatic heterocycles. The molecule has 2 amide bonds. The van der Waals surface area contributed by atoms with E-state index in [9.17, 15) is 14.4 Å². The SMILES string of the molecule is CC(C)(C)OC(=O)N1CCN2c3cc(-c4cc(F)cc(F)c4OC(=O)OCC4c5ccccc5-c5ccccc54)nnc3N(C(=O)OCC3c4ccccc4-c4ccccc43)C[C@H]2C1. The van der Waals surface area contributed by atoms with Crippen LogP contribution in [0.1, 0.15) is 54.9 Å². The maximum absolute atomic E-state index is 15.8. The number of benzene rings is 5. The van der Waals surface area contributed by atoms with Crippen LogP contribution >= 0.6 is 0 Å². The molecule has 64 heavy (non-hydrogen) atoms. The number of anilines is 2. The average Bonchev–Trinajstić information content (AvgIpc) is 3.79. The van der Waals surface area contributed by atoms with Crippen LogP contribution in [0, 0.1) is 11.6 Å². The molecular weight excluding hydrogens is 821 g/mol. The molecule has 0 unspecified atom stereocenters. The topological polar surface area (TPSA) is 124 Å². The second kappa shape index (κ2) is 16.1. The monoisotopic (exact) mass is 863 g/mol. The van der Waals surface area contributed by atoms with Gasteiger partial charge in [-0.2, -0.15) is 0 Å². The number of hydrogen-bond donors (Lipinski definition) is 0. The Morgan fingerprint density at radius 1 is 0.656 bits per heavy atom. The fourth-order valence-corrected chi connectivity index (χ4v) is 9.42. The van der Waals surface area contributed by atoms with E-state index >= 15 is 8.78 Å². The van der Waals surface area contributed by atoms with Gasteiger partial charge in [-0.05, 0) is 77.4 Å². The highest BCUT2D eigenvalue weighted by Gasteiger charge is 2.42. The summed E-state index contributed by atoms with van der Waals surface area (Å²) in [6.45, 7) is 6.17. The minimum atomic E-state index is -1.20. The number of ether oxygens (including phenoxy) is 4. The van der Waals surface area contributed by atoms with Crippen LogP contribution in [0.5, 0.6) is 5.75 Å². The number of carbonyl (C=O) groups excluding carboxylic acids is 3. The lowest BCUT2D eigenvalue weighted by Crippen LogP contribution is -2.62. The third-order valence-electron chi connectivity index (χ3n) is 12.2. The van der Waals surface area contributed by atoms with E-state index in [1.165, 1.54) is 4.90 Å². The van der Waals surface area contributed by atoms with Gasteiger partial charge >= 0.3 is 18.3 Å². The van der Waals surface area contributed by atoms with Gasteiger partial charge in [0.05, 0.1) is 29.5 Å². The second-order valence-corrected chi connectivity index (χ2v) is 17.3. The number of halogens is 2. The van der Waals surface area contributed by atoms with E-state index in [0.29, 0.717) is 18.3 Å². The summed E-state index contributed by atoms with van der Waals surface area (Å²) in [7, 11) is 0. The van der Waals surface area contributed by atoms with Crippen LogP contribution in [0.4, 0.5) is 34.7 Å². The number of amides is 2. The fourth-order valence-electron chi connectivity index (χ4n) is 9.42. The average molecular weight is 864 g/mol. The molecular formula is C50H43F2N5O7. The van der Waals surface area contributed by atoms with Crippen LogP contribution in [0.3, 0.4) is 0 Å². The molecule has 14 heteroatoms. The van der Waals surface area contributed by atoms with E-state index in [0.717, 1.165) is 50.6 Å². The molecule has 1 saturated heterocycles. The van der Waals surface area contributed by atoms with Gasteiger partial charge in [-0.25, -0.2) is 23.2 Å². The van der Waals surface area contributed by atoms with Gasteiger partial charge in [0.2, 0.25) is 0 Å². The Labute approximate surface area is 367 Å². The van der Waals surface area contributed by atoms with E-state index in [-0.39, 0.29) is 61.8 Å². The first-order chi connectivity index (χ1) is 30.9.